The Labute approximate surface area is 101 Å². The lowest BCUT2D eigenvalue weighted by Crippen LogP contribution is -2.42. The maximum atomic E-state index is 5.71. The molecule has 1 aliphatic heterocycles. The zero-order chi connectivity index (χ0) is 11.5. The van der Waals surface area contributed by atoms with Crippen LogP contribution in [0.5, 0.6) is 0 Å². The van der Waals surface area contributed by atoms with Gasteiger partial charge in [-0.25, -0.2) is 0 Å². The van der Waals surface area contributed by atoms with Gasteiger partial charge in [0.1, 0.15) is 4.99 Å². The fourth-order valence-electron chi connectivity index (χ4n) is 1.99. The van der Waals surface area contributed by atoms with Crippen LogP contribution in [0, 0.1) is 0 Å². The standard InChI is InChI=1S/C11H17N3OS/c1-13-5-6-15-9(7-13)8-14-4-2-3-10(14)11(12)16/h2-4,9H,5-8H2,1H3,(H2,12,16). The molecule has 5 heteroatoms. The molecular formula is C11H17N3OS. The monoisotopic (exact) mass is 239 g/mol. The van der Waals surface area contributed by atoms with Crippen LogP contribution < -0.4 is 5.73 Å². The SMILES string of the molecule is CN1CCOC(Cn2cccc2C(N)=S)C1. The molecule has 1 saturated heterocycles. The molecule has 0 aromatic carbocycles. The normalized spacial score (nSPS) is 22.2. The fourth-order valence-corrected chi connectivity index (χ4v) is 2.18. The molecule has 2 N–H and O–H groups in total. The van der Waals surface area contributed by atoms with E-state index in [1.807, 2.05) is 18.3 Å². The van der Waals surface area contributed by atoms with Gasteiger partial charge < -0.3 is 19.9 Å². The summed E-state index contributed by atoms with van der Waals surface area (Å²) in [6.45, 7) is 3.56. The number of rotatable bonds is 3. The van der Waals surface area contributed by atoms with Gasteiger partial charge in [0, 0.05) is 19.3 Å². The Bertz CT molecular complexity index is 377. The van der Waals surface area contributed by atoms with Gasteiger partial charge in [-0.3, -0.25) is 0 Å². The lowest BCUT2D eigenvalue weighted by Gasteiger charge is -2.30. The first kappa shape index (κ1) is 11.6. The molecule has 1 aromatic rings. The van der Waals surface area contributed by atoms with Gasteiger partial charge in [-0.05, 0) is 19.2 Å². The van der Waals surface area contributed by atoms with E-state index in [-0.39, 0.29) is 6.10 Å². The molecule has 1 aliphatic rings. The molecule has 0 amide bonds. The van der Waals surface area contributed by atoms with Crippen LogP contribution in [0.2, 0.25) is 0 Å². The number of nitrogens with two attached hydrogens (primary N) is 1. The summed E-state index contributed by atoms with van der Waals surface area (Å²) in [5, 5.41) is 0. The van der Waals surface area contributed by atoms with Gasteiger partial charge in [-0.1, -0.05) is 12.2 Å². The summed E-state index contributed by atoms with van der Waals surface area (Å²) in [5.74, 6) is 0. The van der Waals surface area contributed by atoms with Gasteiger partial charge in [0.2, 0.25) is 0 Å². The molecule has 1 fully saturated rings. The summed E-state index contributed by atoms with van der Waals surface area (Å²) >= 11 is 5.00. The zero-order valence-electron chi connectivity index (χ0n) is 9.43. The molecule has 0 spiro atoms. The average molecular weight is 239 g/mol. The minimum atomic E-state index is 0.222. The van der Waals surface area contributed by atoms with E-state index in [1.54, 1.807) is 0 Å². The minimum Gasteiger partial charge on any atom is -0.388 e. The number of thiocarbonyl (C=S) groups is 1. The Balaban J connectivity index is 2.02. The summed E-state index contributed by atoms with van der Waals surface area (Å²) < 4.78 is 7.77. The molecular weight excluding hydrogens is 222 g/mol. The highest BCUT2D eigenvalue weighted by atomic mass is 32.1. The highest BCUT2D eigenvalue weighted by Crippen LogP contribution is 2.09. The van der Waals surface area contributed by atoms with Crippen LogP contribution in [0.4, 0.5) is 0 Å². The second-order valence-electron chi connectivity index (χ2n) is 4.17. The minimum absolute atomic E-state index is 0.222. The quantitative estimate of drug-likeness (QED) is 0.778. The van der Waals surface area contributed by atoms with Gasteiger partial charge in [0.15, 0.2) is 0 Å². The molecule has 0 saturated carbocycles. The molecule has 0 aliphatic carbocycles. The number of hydrogen-bond donors (Lipinski definition) is 1. The van der Waals surface area contributed by atoms with Crippen molar-refractivity contribution in [1.29, 1.82) is 0 Å². The number of ether oxygens (including phenoxy) is 1. The largest absolute Gasteiger partial charge is 0.388 e. The molecule has 16 heavy (non-hydrogen) atoms. The number of nitrogens with zero attached hydrogens (tertiary/aromatic N) is 2. The highest BCUT2D eigenvalue weighted by molar-refractivity contribution is 7.80. The van der Waals surface area contributed by atoms with Crippen LogP contribution in [-0.4, -0.2) is 47.3 Å². The van der Waals surface area contributed by atoms with Crippen LogP contribution in [0.3, 0.4) is 0 Å². The van der Waals surface area contributed by atoms with Crippen molar-refractivity contribution < 1.29 is 4.74 Å². The van der Waals surface area contributed by atoms with E-state index in [2.05, 4.69) is 16.5 Å². The summed E-state index contributed by atoms with van der Waals surface area (Å²) in [4.78, 5) is 2.71. The number of likely N-dealkylation sites (N-methyl/N-ethyl adjacent to an activating group) is 1. The third-order valence-corrected chi connectivity index (χ3v) is 3.03. The Kier molecular flexibility index (Phi) is 3.58. The van der Waals surface area contributed by atoms with Crippen LogP contribution in [0.1, 0.15) is 5.69 Å². The van der Waals surface area contributed by atoms with Crippen LogP contribution in [0.15, 0.2) is 18.3 Å². The van der Waals surface area contributed by atoms with E-state index in [1.165, 1.54) is 0 Å². The molecule has 1 aromatic heterocycles. The average Bonchev–Trinajstić information content (AvgIpc) is 2.66. The van der Waals surface area contributed by atoms with Crippen LogP contribution >= 0.6 is 12.2 Å². The van der Waals surface area contributed by atoms with Crippen molar-refractivity contribution in [2.45, 2.75) is 12.6 Å². The van der Waals surface area contributed by atoms with E-state index >= 15 is 0 Å². The fraction of sp³-hybridized carbons (Fsp3) is 0.545. The topological polar surface area (TPSA) is 43.4 Å². The predicted molar refractivity (Wildman–Crippen MR) is 67.6 cm³/mol. The first-order valence-corrected chi connectivity index (χ1v) is 5.82. The maximum Gasteiger partial charge on any atom is 0.120 e. The second-order valence-corrected chi connectivity index (χ2v) is 4.60. The van der Waals surface area contributed by atoms with Gasteiger partial charge in [0.25, 0.3) is 0 Å². The van der Waals surface area contributed by atoms with Gasteiger partial charge in [-0.2, -0.15) is 0 Å². The molecule has 1 unspecified atom stereocenters. The summed E-state index contributed by atoms with van der Waals surface area (Å²) in [6, 6.07) is 3.90. The van der Waals surface area contributed by atoms with E-state index < -0.39 is 0 Å². The highest BCUT2D eigenvalue weighted by Gasteiger charge is 2.18. The van der Waals surface area contributed by atoms with E-state index in [9.17, 15) is 0 Å². The maximum absolute atomic E-state index is 5.71. The van der Waals surface area contributed by atoms with Crippen molar-refractivity contribution in [2.75, 3.05) is 26.7 Å². The van der Waals surface area contributed by atoms with Crippen molar-refractivity contribution in [3.8, 4) is 0 Å². The second kappa shape index (κ2) is 4.95. The first-order chi connectivity index (χ1) is 7.66. The molecule has 2 rings (SSSR count). The molecule has 4 nitrogen and oxygen atoms in total. The molecule has 0 radical (unpaired) electrons. The van der Waals surface area contributed by atoms with Crippen molar-refractivity contribution in [1.82, 2.24) is 9.47 Å². The molecule has 88 valence electrons. The third kappa shape index (κ3) is 2.61. The number of hydrogen-bond acceptors (Lipinski definition) is 3. The molecule has 2 heterocycles. The van der Waals surface area contributed by atoms with Crippen LogP contribution in [-0.2, 0) is 11.3 Å². The number of aromatic nitrogens is 1. The van der Waals surface area contributed by atoms with Gasteiger partial charge >= 0.3 is 0 Å². The third-order valence-electron chi connectivity index (χ3n) is 2.82. The van der Waals surface area contributed by atoms with Crippen molar-refractivity contribution in [2.24, 2.45) is 5.73 Å². The molecule has 0 bridgehead atoms. The lowest BCUT2D eigenvalue weighted by atomic mass is 10.2. The summed E-state index contributed by atoms with van der Waals surface area (Å²) in [7, 11) is 2.11. The lowest BCUT2D eigenvalue weighted by molar-refractivity contribution is -0.0274. The summed E-state index contributed by atoms with van der Waals surface area (Å²) in [5.41, 5.74) is 6.56. The Hall–Kier alpha value is -0.910. The number of morpholine rings is 1. The van der Waals surface area contributed by atoms with Crippen LogP contribution in [0.25, 0.3) is 0 Å². The van der Waals surface area contributed by atoms with Gasteiger partial charge in [-0.15, -0.1) is 0 Å². The zero-order valence-corrected chi connectivity index (χ0v) is 10.2. The Morgan fingerprint density at radius 3 is 3.19 bits per heavy atom. The van der Waals surface area contributed by atoms with Crippen molar-refractivity contribution in [3.05, 3.63) is 24.0 Å². The summed E-state index contributed by atoms with van der Waals surface area (Å²) in [6.07, 6.45) is 2.21. The van der Waals surface area contributed by atoms with Crippen molar-refractivity contribution >= 4 is 17.2 Å². The smallest absolute Gasteiger partial charge is 0.120 e. The molecule has 1 atom stereocenters. The van der Waals surface area contributed by atoms with E-state index in [0.717, 1.165) is 31.9 Å². The van der Waals surface area contributed by atoms with E-state index in [4.69, 9.17) is 22.7 Å². The predicted octanol–water partition coefficient (Wildman–Crippen LogP) is 0.453. The first-order valence-electron chi connectivity index (χ1n) is 5.42. The Morgan fingerprint density at radius 1 is 1.69 bits per heavy atom. The van der Waals surface area contributed by atoms with Crippen molar-refractivity contribution in [3.63, 3.8) is 0 Å². The van der Waals surface area contributed by atoms with E-state index in [0.29, 0.717) is 4.99 Å². The van der Waals surface area contributed by atoms with Gasteiger partial charge in [0.05, 0.1) is 24.9 Å². The Morgan fingerprint density at radius 2 is 2.50 bits per heavy atom.